The van der Waals surface area contributed by atoms with Crippen LogP contribution in [0.3, 0.4) is 0 Å². The molecule has 0 aliphatic rings. The maximum atomic E-state index is 12.5. The van der Waals surface area contributed by atoms with Crippen LogP contribution >= 0.6 is 0 Å². The van der Waals surface area contributed by atoms with Crippen molar-refractivity contribution in [1.29, 1.82) is 0 Å². The van der Waals surface area contributed by atoms with Gasteiger partial charge < -0.3 is 10.2 Å². The summed E-state index contributed by atoms with van der Waals surface area (Å²) in [5.41, 5.74) is 1.75. The predicted octanol–water partition coefficient (Wildman–Crippen LogP) is 3.78. The van der Waals surface area contributed by atoms with Gasteiger partial charge in [0, 0.05) is 19.6 Å². The molecule has 25 heavy (non-hydrogen) atoms. The first-order valence-corrected chi connectivity index (χ1v) is 9.15. The molecular formula is C20H28N4O. The third-order valence-electron chi connectivity index (χ3n) is 3.95. The van der Waals surface area contributed by atoms with Crippen molar-refractivity contribution in [3.63, 3.8) is 0 Å². The van der Waals surface area contributed by atoms with Crippen molar-refractivity contribution in [2.24, 2.45) is 0 Å². The van der Waals surface area contributed by atoms with Crippen molar-refractivity contribution in [3.8, 4) is 0 Å². The second-order valence-electron chi connectivity index (χ2n) is 6.11. The van der Waals surface area contributed by atoms with Gasteiger partial charge in [0.15, 0.2) is 5.69 Å². The number of aromatic nitrogens is 2. The average Bonchev–Trinajstić information content (AvgIpc) is 2.66. The van der Waals surface area contributed by atoms with Crippen molar-refractivity contribution < 1.29 is 4.79 Å². The molecule has 0 aliphatic heterocycles. The second kappa shape index (κ2) is 10.4. The quantitative estimate of drug-likeness (QED) is 0.669. The van der Waals surface area contributed by atoms with E-state index in [1.807, 2.05) is 17.0 Å². The van der Waals surface area contributed by atoms with Crippen LogP contribution in [-0.4, -0.2) is 40.6 Å². The molecule has 0 bridgehead atoms. The molecule has 2 rings (SSSR count). The van der Waals surface area contributed by atoms with E-state index in [1.54, 1.807) is 6.07 Å². The number of nitrogens with one attached hydrogen (secondary N) is 1. The third-order valence-corrected chi connectivity index (χ3v) is 3.95. The third kappa shape index (κ3) is 6.18. The van der Waals surface area contributed by atoms with E-state index in [0.717, 1.165) is 45.3 Å². The van der Waals surface area contributed by atoms with Crippen LogP contribution < -0.4 is 5.32 Å². The predicted molar refractivity (Wildman–Crippen MR) is 102 cm³/mol. The van der Waals surface area contributed by atoms with Crippen molar-refractivity contribution in [2.75, 3.05) is 25.0 Å². The SMILES string of the molecule is CCCN(CCC)C(=O)c1ccc(NCCCc2ccccc2)nn1. The fourth-order valence-electron chi connectivity index (χ4n) is 2.71. The van der Waals surface area contributed by atoms with Gasteiger partial charge in [-0.15, -0.1) is 10.2 Å². The number of hydrogen-bond acceptors (Lipinski definition) is 4. The molecule has 1 aromatic carbocycles. The molecule has 0 saturated carbocycles. The van der Waals surface area contributed by atoms with Crippen LogP contribution in [0.5, 0.6) is 0 Å². The lowest BCUT2D eigenvalue weighted by molar-refractivity contribution is 0.0748. The smallest absolute Gasteiger partial charge is 0.274 e. The average molecular weight is 340 g/mol. The number of amides is 1. The molecule has 5 nitrogen and oxygen atoms in total. The number of rotatable bonds is 10. The normalized spacial score (nSPS) is 10.5. The summed E-state index contributed by atoms with van der Waals surface area (Å²) < 4.78 is 0. The van der Waals surface area contributed by atoms with Crippen LogP contribution in [0.2, 0.25) is 0 Å². The zero-order valence-electron chi connectivity index (χ0n) is 15.2. The first-order chi connectivity index (χ1) is 12.2. The maximum Gasteiger partial charge on any atom is 0.274 e. The molecule has 0 spiro atoms. The van der Waals surface area contributed by atoms with Gasteiger partial charge in [0.2, 0.25) is 0 Å². The molecule has 1 amide bonds. The van der Waals surface area contributed by atoms with Gasteiger partial charge in [0.25, 0.3) is 5.91 Å². The van der Waals surface area contributed by atoms with Gasteiger partial charge >= 0.3 is 0 Å². The number of carbonyl (C=O) groups excluding carboxylic acids is 1. The number of anilines is 1. The zero-order chi connectivity index (χ0) is 17.9. The van der Waals surface area contributed by atoms with E-state index in [2.05, 4.69) is 53.6 Å². The minimum atomic E-state index is -0.0353. The minimum Gasteiger partial charge on any atom is -0.369 e. The van der Waals surface area contributed by atoms with Gasteiger partial charge in [-0.05, 0) is 43.4 Å². The summed E-state index contributed by atoms with van der Waals surface area (Å²) in [6.07, 6.45) is 3.94. The lowest BCUT2D eigenvalue weighted by atomic mass is 10.1. The Bertz CT molecular complexity index is 622. The van der Waals surface area contributed by atoms with Crippen LogP contribution in [-0.2, 0) is 6.42 Å². The Labute approximate surface area is 150 Å². The highest BCUT2D eigenvalue weighted by Gasteiger charge is 2.15. The number of carbonyl (C=O) groups is 1. The highest BCUT2D eigenvalue weighted by molar-refractivity contribution is 5.92. The first-order valence-electron chi connectivity index (χ1n) is 9.15. The number of aryl methyl sites for hydroxylation is 1. The summed E-state index contributed by atoms with van der Waals surface area (Å²) in [5.74, 6) is 0.675. The van der Waals surface area contributed by atoms with Crippen LogP contribution in [0.4, 0.5) is 5.82 Å². The van der Waals surface area contributed by atoms with Crippen LogP contribution in [0, 0.1) is 0 Å². The molecule has 1 heterocycles. The highest BCUT2D eigenvalue weighted by atomic mass is 16.2. The lowest BCUT2D eigenvalue weighted by Gasteiger charge is -2.20. The molecule has 0 fully saturated rings. The molecule has 1 aromatic heterocycles. The Kier molecular flexibility index (Phi) is 7.89. The fourth-order valence-corrected chi connectivity index (χ4v) is 2.71. The van der Waals surface area contributed by atoms with E-state index >= 15 is 0 Å². The van der Waals surface area contributed by atoms with Gasteiger partial charge in [-0.25, -0.2) is 0 Å². The second-order valence-corrected chi connectivity index (χ2v) is 6.11. The van der Waals surface area contributed by atoms with Crippen LogP contribution in [0.1, 0.15) is 49.2 Å². The molecule has 0 unspecified atom stereocenters. The maximum absolute atomic E-state index is 12.5. The van der Waals surface area contributed by atoms with Crippen molar-refractivity contribution >= 4 is 11.7 Å². The number of nitrogens with zero attached hydrogens (tertiary/aromatic N) is 3. The summed E-state index contributed by atoms with van der Waals surface area (Å²) in [6.45, 7) is 6.49. The largest absolute Gasteiger partial charge is 0.369 e. The van der Waals surface area contributed by atoms with E-state index in [-0.39, 0.29) is 5.91 Å². The highest BCUT2D eigenvalue weighted by Crippen LogP contribution is 2.08. The number of benzene rings is 1. The minimum absolute atomic E-state index is 0.0353. The molecule has 0 saturated heterocycles. The van der Waals surface area contributed by atoms with Gasteiger partial charge in [-0.2, -0.15) is 0 Å². The molecule has 134 valence electrons. The summed E-state index contributed by atoms with van der Waals surface area (Å²) in [5, 5.41) is 11.5. The zero-order valence-corrected chi connectivity index (χ0v) is 15.2. The summed E-state index contributed by atoms with van der Waals surface area (Å²) in [7, 11) is 0. The molecule has 1 N–H and O–H groups in total. The Morgan fingerprint density at radius 3 is 2.32 bits per heavy atom. The summed E-state index contributed by atoms with van der Waals surface area (Å²) in [6, 6.07) is 14.0. The van der Waals surface area contributed by atoms with E-state index in [9.17, 15) is 4.79 Å². The molecule has 0 atom stereocenters. The van der Waals surface area contributed by atoms with Crippen molar-refractivity contribution in [2.45, 2.75) is 39.5 Å². The Balaban J connectivity index is 1.81. The van der Waals surface area contributed by atoms with Crippen molar-refractivity contribution in [3.05, 3.63) is 53.7 Å². The Morgan fingerprint density at radius 2 is 1.72 bits per heavy atom. The van der Waals surface area contributed by atoms with Gasteiger partial charge in [0.05, 0.1) is 0 Å². The Morgan fingerprint density at radius 1 is 1.00 bits per heavy atom. The van der Waals surface area contributed by atoms with E-state index in [1.165, 1.54) is 5.56 Å². The van der Waals surface area contributed by atoms with Crippen LogP contribution in [0.15, 0.2) is 42.5 Å². The van der Waals surface area contributed by atoms with Gasteiger partial charge in [-0.3, -0.25) is 4.79 Å². The molecule has 2 aromatic rings. The molecule has 5 heteroatoms. The molecule has 0 aliphatic carbocycles. The summed E-state index contributed by atoms with van der Waals surface area (Å²) in [4.78, 5) is 14.3. The van der Waals surface area contributed by atoms with E-state index < -0.39 is 0 Å². The monoisotopic (exact) mass is 340 g/mol. The van der Waals surface area contributed by atoms with E-state index in [0.29, 0.717) is 11.5 Å². The molecule has 0 radical (unpaired) electrons. The van der Waals surface area contributed by atoms with Gasteiger partial charge in [-0.1, -0.05) is 44.2 Å². The van der Waals surface area contributed by atoms with Crippen molar-refractivity contribution in [1.82, 2.24) is 15.1 Å². The van der Waals surface area contributed by atoms with E-state index in [4.69, 9.17) is 0 Å². The molecular weight excluding hydrogens is 312 g/mol. The summed E-state index contributed by atoms with van der Waals surface area (Å²) >= 11 is 0. The Hall–Kier alpha value is -2.43. The fraction of sp³-hybridized carbons (Fsp3) is 0.450. The lowest BCUT2D eigenvalue weighted by Crippen LogP contribution is -2.33. The van der Waals surface area contributed by atoms with Gasteiger partial charge in [0.1, 0.15) is 5.82 Å². The number of hydrogen-bond donors (Lipinski definition) is 1. The topological polar surface area (TPSA) is 58.1 Å². The first kappa shape index (κ1) is 18.9. The van der Waals surface area contributed by atoms with Crippen LogP contribution in [0.25, 0.3) is 0 Å². The standard InChI is InChI=1S/C20H28N4O/c1-3-15-24(16-4-2)20(25)18-12-13-19(23-22-18)21-14-8-11-17-9-6-5-7-10-17/h5-7,9-10,12-13H,3-4,8,11,14-16H2,1-2H3,(H,21,23).